The zero-order chi connectivity index (χ0) is 13.7. The van der Waals surface area contributed by atoms with Gasteiger partial charge >= 0.3 is 6.81 Å². The van der Waals surface area contributed by atoms with Crippen LogP contribution in [0.5, 0.6) is 5.75 Å². The minimum Gasteiger partial charge on any atom is -0.565 e. The summed E-state index contributed by atoms with van der Waals surface area (Å²) in [5, 5.41) is 0. The van der Waals surface area contributed by atoms with Crippen molar-refractivity contribution in [3.63, 3.8) is 0 Å². The molecule has 1 atom stereocenters. The molecule has 1 nitrogen and oxygen atoms in total. The van der Waals surface area contributed by atoms with Gasteiger partial charge in [0.2, 0.25) is 0 Å². The molecule has 0 bridgehead atoms. The van der Waals surface area contributed by atoms with Crippen LogP contribution in [-0.2, 0) is 0 Å². The Hall–Kier alpha value is -1.63. The summed E-state index contributed by atoms with van der Waals surface area (Å²) in [6.45, 7) is 4.01. The molecule has 0 aliphatic carbocycles. The molecule has 2 aromatic rings. The van der Waals surface area contributed by atoms with Gasteiger partial charge in [-0.25, -0.2) is 0 Å². The summed E-state index contributed by atoms with van der Waals surface area (Å²) in [6, 6.07) is 18.0. The van der Waals surface area contributed by atoms with Gasteiger partial charge in [-0.3, -0.25) is 0 Å². The van der Waals surface area contributed by atoms with Gasteiger partial charge in [0.15, 0.2) is 0 Å². The zero-order valence-corrected chi connectivity index (χ0v) is 11.5. The maximum Gasteiger partial charge on any atom is 0.330 e. The average molecular weight is 248 g/mol. The molecular weight excluding hydrogens is 230 g/mol. The standard InChI is InChI=1S/C16H18B2O/c1-3-13(2)14-9-11-15(12-10-14)18(17)19-16-7-5-4-6-8-16/h4-13H,3H2,1-2H3. The minimum absolute atomic E-state index is 0.423. The fraction of sp³-hybridized carbons (Fsp3) is 0.250. The van der Waals surface area contributed by atoms with Crippen molar-refractivity contribution < 1.29 is 4.65 Å². The van der Waals surface area contributed by atoms with E-state index < -0.39 is 6.81 Å². The molecule has 3 heteroatoms. The fourth-order valence-corrected chi connectivity index (χ4v) is 1.96. The maximum atomic E-state index is 6.06. The van der Waals surface area contributed by atoms with Crippen molar-refractivity contribution in [2.45, 2.75) is 26.2 Å². The van der Waals surface area contributed by atoms with Crippen LogP contribution in [0, 0.1) is 0 Å². The van der Waals surface area contributed by atoms with Crippen LogP contribution in [0.4, 0.5) is 0 Å². The van der Waals surface area contributed by atoms with Crippen LogP contribution in [0.1, 0.15) is 31.7 Å². The molecule has 0 amide bonds. The molecule has 94 valence electrons. The third-order valence-corrected chi connectivity index (χ3v) is 3.45. The Balaban J connectivity index is 2.05. The van der Waals surface area contributed by atoms with E-state index in [2.05, 4.69) is 38.1 Å². The van der Waals surface area contributed by atoms with E-state index in [-0.39, 0.29) is 0 Å². The smallest absolute Gasteiger partial charge is 0.330 e. The first-order chi connectivity index (χ1) is 9.20. The van der Waals surface area contributed by atoms with E-state index in [0.29, 0.717) is 5.92 Å². The van der Waals surface area contributed by atoms with Crippen molar-refractivity contribution in [3.05, 3.63) is 60.2 Å². The number of hydrogen-bond donors (Lipinski definition) is 0. The SMILES string of the molecule is [B]B(Oc1ccccc1)c1ccc(C(C)CC)cc1. The summed E-state index contributed by atoms with van der Waals surface area (Å²) in [4.78, 5) is 0. The molecular formula is C16H18B2O. The van der Waals surface area contributed by atoms with Crippen LogP contribution in [-0.4, -0.2) is 14.5 Å². The van der Waals surface area contributed by atoms with E-state index >= 15 is 0 Å². The summed E-state index contributed by atoms with van der Waals surface area (Å²) in [7, 11) is 6.06. The Kier molecular flexibility index (Phi) is 4.73. The van der Waals surface area contributed by atoms with Gasteiger partial charge in [0, 0.05) is 0 Å². The van der Waals surface area contributed by atoms with Gasteiger partial charge in [0.25, 0.3) is 0 Å². The van der Waals surface area contributed by atoms with Crippen LogP contribution < -0.4 is 10.1 Å². The molecule has 2 rings (SSSR count). The van der Waals surface area contributed by atoms with Crippen LogP contribution in [0.15, 0.2) is 54.6 Å². The topological polar surface area (TPSA) is 9.23 Å². The molecule has 0 spiro atoms. The quantitative estimate of drug-likeness (QED) is 0.738. The monoisotopic (exact) mass is 248 g/mol. The molecule has 0 aliphatic heterocycles. The van der Waals surface area contributed by atoms with Gasteiger partial charge in [-0.05, 0) is 35.5 Å². The third-order valence-electron chi connectivity index (χ3n) is 3.45. The van der Waals surface area contributed by atoms with Crippen molar-refractivity contribution >= 4 is 20.0 Å². The highest BCUT2D eigenvalue weighted by atomic mass is 16.4. The molecule has 0 N–H and O–H groups in total. The van der Waals surface area contributed by atoms with Crippen LogP contribution in [0.3, 0.4) is 0 Å². The summed E-state index contributed by atoms with van der Waals surface area (Å²) in [5.74, 6) is 1.38. The average Bonchev–Trinajstić information content (AvgIpc) is 2.47. The minimum atomic E-state index is -0.423. The molecule has 2 aromatic carbocycles. The van der Waals surface area contributed by atoms with Crippen molar-refractivity contribution in [1.82, 2.24) is 0 Å². The maximum absolute atomic E-state index is 6.06. The lowest BCUT2D eigenvalue weighted by atomic mass is 9.43. The van der Waals surface area contributed by atoms with Crippen molar-refractivity contribution in [3.8, 4) is 5.75 Å². The molecule has 0 saturated carbocycles. The largest absolute Gasteiger partial charge is 0.565 e. The number of para-hydroxylation sites is 1. The Morgan fingerprint density at radius 2 is 1.68 bits per heavy atom. The fourth-order valence-electron chi connectivity index (χ4n) is 1.96. The molecule has 0 saturated heterocycles. The Bertz CT molecular complexity index is 496. The Morgan fingerprint density at radius 3 is 2.26 bits per heavy atom. The molecule has 0 aliphatic rings. The second-order valence-electron chi connectivity index (χ2n) is 4.83. The molecule has 1 unspecified atom stereocenters. The van der Waals surface area contributed by atoms with Gasteiger partial charge in [-0.1, -0.05) is 56.3 Å². The molecule has 2 radical (unpaired) electrons. The summed E-state index contributed by atoms with van der Waals surface area (Å²) >= 11 is 0. The van der Waals surface area contributed by atoms with E-state index in [9.17, 15) is 0 Å². The number of hydrogen-bond acceptors (Lipinski definition) is 1. The van der Waals surface area contributed by atoms with E-state index in [1.165, 1.54) is 5.56 Å². The van der Waals surface area contributed by atoms with E-state index in [0.717, 1.165) is 17.6 Å². The highest BCUT2D eigenvalue weighted by Crippen LogP contribution is 2.17. The second-order valence-corrected chi connectivity index (χ2v) is 4.83. The van der Waals surface area contributed by atoms with E-state index in [4.69, 9.17) is 12.4 Å². The van der Waals surface area contributed by atoms with Gasteiger partial charge in [0.05, 0.1) is 13.5 Å². The highest BCUT2D eigenvalue weighted by Gasteiger charge is 2.13. The summed E-state index contributed by atoms with van der Waals surface area (Å²) < 4.78 is 5.70. The van der Waals surface area contributed by atoms with Gasteiger partial charge in [0.1, 0.15) is 0 Å². The van der Waals surface area contributed by atoms with Gasteiger partial charge < -0.3 is 4.65 Å². The summed E-state index contributed by atoms with van der Waals surface area (Å²) in [5.41, 5.74) is 2.34. The predicted molar refractivity (Wildman–Crippen MR) is 83.4 cm³/mol. The van der Waals surface area contributed by atoms with Crippen LogP contribution >= 0.6 is 0 Å². The first-order valence-corrected chi connectivity index (χ1v) is 6.78. The lowest BCUT2D eigenvalue weighted by molar-refractivity contribution is 0.597. The number of rotatable bonds is 5. The lowest BCUT2D eigenvalue weighted by Crippen LogP contribution is -2.37. The van der Waals surface area contributed by atoms with E-state index in [1.54, 1.807) is 0 Å². The first-order valence-electron chi connectivity index (χ1n) is 6.78. The summed E-state index contributed by atoms with van der Waals surface area (Å²) in [6.07, 6.45) is 1.14. The molecule has 0 fully saturated rings. The second kappa shape index (κ2) is 6.51. The van der Waals surface area contributed by atoms with Crippen molar-refractivity contribution in [1.29, 1.82) is 0 Å². The molecule has 19 heavy (non-hydrogen) atoms. The van der Waals surface area contributed by atoms with Crippen molar-refractivity contribution in [2.75, 3.05) is 0 Å². The molecule has 0 aromatic heterocycles. The van der Waals surface area contributed by atoms with Crippen LogP contribution in [0.25, 0.3) is 0 Å². The third kappa shape index (κ3) is 3.66. The Labute approximate surface area is 117 Å². The number of benzene rings is 2. The van der Waals surface area contributed by atoms with Crippen LogP contribution in [0.2, 0.25) is 0 Å². The Morgan fingerprint density at radius 1 is 1.05 bits per heavy atom. The normalized spacial score (nSPS) is 11.9. The lowest BCUT2D eigenvalue weighted by Gasteiger charge is -2.14. The highest BCUT2D eigenvalue weighted by molar-refractivity contribution is 7.07. The molecule has 0 heterocycles. The predicted octanol–water partition coefficient (Wildman–Crippen LogP) is 3.14. The zero-order valence-electron chi connectivity index (χ0n) is 11.5. The van der Waals surface area contributed by atoms with Gasteiger partial charge in [-0.15, -0.1) is 0 Å². The van der Waals surface area contributed by atoms with Crippen molar-refractivity contribution in [2.24, 2.45) is 0 Å². The van der Waals surface area contributed by atoms with Gasteiger partial charge in [-0.2, -0.15) is 0 Å². The first kappa shape index (κ1) is 13.8. The van der Waals surface area contributed by atoms with E-state index in [1.807, 2.05) is 30.3 Å².